The number of aliphatic carboxylic acids is 1. The van der Waals surface area contributed by atoms with E-state index >= 15 is 0 Å². The van der Waals surface area contributed by atoms with Crippen LogP contribution < -0.4 is 5.32 Å². The molecule has 0 aliphatic heterocycles. The summed E-state index contributed by atoms with van der Waals surface area (Å²) < 4.78 is 0. The lowest BCUT2D eigenvalue weighted by Crippen LogP contribution is -2.35. The van der Waals surface area contributed by atoms with Crippen molar-refractivity contribution in [3.63, 3.8) is 0 Å². The molecule has 0 spiro atoms. The third-order valence-corrected chi connectivity index (χ3v) is 1.83. The molecule has 0 heterocycles. The van der Waals surface area contributed by atoms with Gasteiger partial charge in [-0.05, 0) is 5.56 Å². The number of benzene rings is 1. The van der Waals surface area contributed by atoms with E-state index in [0.717, 1.165) is 0 Å². The van der Waals surface area contributed by atoms with Gasteiger partial charge in [0.25, 0.3) is 0 Å². The number of carbonyl (C=O) groups excluding carboxylic acids is 1. The Morgan fingerprint density at radius 1 is 1.27 bits per heavy atom. The van der Waals surface area contributed by atoms with Gasteiger partial charge in [-0.1, -0.05) is 30.3 Å². The van der Waals surface area contributed by atoms with E-state index < -0.39 is 24.5 Å². The van der Waals surface area contributed by atoms with E-state index in [1.165, 1.54) is 0 Å². The first-order valence-electron chi connectivity index (χ1n) is 4.33. The maximum Gasteiger partial charge on any atom is 0.330 e. The number of carboxylic acids is 1. The number of carboxylic acid groups (broad SMARTS) is 1. The lowest BCUT2D eigenvalue weighted by atomic mass is 10.1. The molecule has 80 valence electrons. The highest BCUT2D eigenvalue weighted by molar-refractivity contribution is 5.84. The van der Waals surface area contributed by atoms with Gasteiger partial charge < -0.3 is 15.5 Å². The van der Waals surface area contributed by atoms with E-state index in [4.69, 9.17) is 10.2 Å². The molecule has 0 bridgehead atoms. The normalized spacial score (nSPS) is 11.8. The van der Waals surface area contributed by atoms with Crippen molar-refractivity contribution in [2.75, 3.05) is 6.61 Å². The van der Waals surface area contributed by atoms with Gasteiger partial charge in [0.05, 0.1) is 0 Å². The molecule has 0 saturated carbocycles. The first kappa shape index (κ1) is 11.2. The number of nitrogens with one attached hydrogen (secondary N) is 1. The molecular weight excluding hydrogens is 198 g/mol. The number of amides is 1. The Morgan fingerprint density at radius 2 is 1.87 bits per heavy atom. The van der Waals surface area contributed by atoms with Gasteiger partial charge in [0.15, 0.2) is 6.04 Å². The summed E-state index contributed by atoms with van der Waals surface area (Å²) in [6, 6.07) is 7.17. The largest absolute Gasteiger partial charge is 0.479 e. The van der Waals surface area contributed by atoms with Crippen LogP contribution >= 0.6 is 0 Å². The summed E-state index contributed by atoms with van der Waals surface area (Å²) >= 11 is 0. The summed E-state index contributed by atoms with van der Waals surface area (Å²) in [6.45, 7) is -0.726. The average Bonchev–Trinajstić information content (AvgIpc) is 2.26. The first-order valence-corrected chi connectivity index (χ1v) is 4.33. The Balaban J connectivity index is 2.84. The van der Waals surface area contributed by atoms with Crippen LogP contribution in [0.15, 0.2) is 30.3 Å². The molecule has 5 heteroatoms. The fraction of sp³-hybridized carbons (Fsp3) is 0.200. The number of aliphatic hydroxyl groups excluding tert-OH is 1. The quantitative estimate of drug-likeness (QED) is 0.647. The minimum Gasteiger partial charge on any atom is -0.479 e. The number of carbonyl (C=O) groups is 2. The van der Waals surface area contributed by atoms with Crippen LogP contribution in [0.3, 0.4) is 0 Å². The van der Waals surface area contributed by atoms with Crippen LogP contribution in [-0.4, -0.2) is 28.7 Å². The van der Waals surface area contributed by atoms with Crippen LogP contribution in [0.5, 0.6) is 0 Å². The summed E-state index contributed by atoms with van der Waals surface area (Å²) in [6.07, 6.45) is 0. The van der Waals surface area contributed by atoms with Crippen molar-refractivity contribution in [2.24, 2.45) is 0 Å². The zero-order valence-corrected chi connectivity index (χ0v) is 7.88. The number of hydrogen-bond donors (Lipinski definition) is 3. The fourth-order valence-electron chi connectivity index (χ4n) is 1.14. The molecule has 0 saturated heterocycles. The van der Waals surface area contributed by atoms with E-state index in [2.05, 4.69) is 5.32 Å². The summed E-state index contributed by atoms with van der Waals surface area (Å²) in [5.74, 6) is -1.88. The number of rotatable bonds is 4. The molecule has 5 nitrogen and oxygen atoms in total. The third kappa shape index (κ3) is 3.07. The fourth-order valence-corrected chi connectivity index (χ4v) is 1.14. The van der Waals surface area contributed by atoms with Crippen molar-refractivity contribution in [3.8, 4) is 0 Å². The maximum absolute atomic E-state index is 10.9. The van der Waals surface area contributed by atoms with E-state index in [-0.39, 0.29) is 0 Å². The summed E-state index contributed by atoms with van der Waals surface area (Å²) in [4.78, 5) is 21.7. The molecule has 0 radical (unpaired) electrons. The van der Waals surface area contributed by atoms with E-state index in [0.29, 0.717) is 5.56 Å². The topological polar surface area (TPSA) is 86.6 Å². The number of aliphatic hydroxyl groups is 1. The highest BCUT2D eigenvalue weighted by Crippen LogP contribution is 2.12. The Labute approximate surface area is 86.4 Å². The lowest BCUT2D eigenvalue weighted by molar-refractivity contribution is -0.142. The van der Waals surface area contributed by atoms with Crippen LogP contribution in [0.25, 0.3) is 0 Å². The molecule has 1 unspecified atom stereocenters. The molecular formula is C10H11NO4. The molecule has 0 aromatic heterocycles. The molecule has 15 heavy (non-hydrogen) atoms. The van der Waals surface area contributed by atoms with Crippen molar-refractivity contribution >= 4 is 11.9 Å². The predicted octanol–water partition coefficient (Wildman–Crippen LogP) is -0.0792. The molecule has 1 aromatic rings. The van der Waals surface area contributed by atoms with Gasteiger partial charge in [0.1, 0.15) is 6.61 Å². The third-order valence-electron chi connectivity index (χ3n) is 1.83. The van der Waals surface area contributed by atoms with E-state index in [1.807, 2.05) is 0 Å². The van der Waals surface area contributed by atoms with E-state index in [9.17, 15) is 9.59 Å². The molecule has 3 N–H and O–H groups in total. The van der Waals surface area contributed by atoms with E-state index in [1.54, 1.807) is 30.3 Å². The second-order valence-electron chi connectivity index (χ2n) is 2.91. The van der Waals surface area contributed by atoms with Crippen LogP contribution in [-0.2, 0) is 9.59 Å². The molecule has 1 rings (SSSR count). The highest BCUT2D eigenvalue weighted by Gasteiger charge is 2.20. The Morgan fingerprint density at radius 3 is 2.33 bits per heavy atom. The standard InChI is InChI=1S/C10H11NO4/c12-6-8(13)11-9(10(14)15)7-4-2-1-3-5-7/h1-5,9,12H,6H2,(H,11,13)(H,14,15). The summed E-state index contributed by atoms with van der Waals surface area (Å²) in [7, 11) is 0. The van der Waals surface area contributed by atoms with Gasteiger partial charge in [0, 0.05) is 0 Å². The maximum atomic E-state index is 10.9. The molecule has 1 amide bonds. The number of hydrogen-bond acceptors (Lipinski definition) is 3. The second kappa shape index (κ2) is 5.11. The Kier molecular flexibility index (Phi) is 3.82. The van der Waals surface area contributed by atoms with Crippen LogP contribution in [0, 0.1) is 0 Å². The molecule has 1 aromatic carbocycles. The molecule has 0 fully saturated rings. The van der Waals surface area contributed by atoms with Crippen LogP contribution in [0.2, 0.25) is 0 Å². The molecule has 0 aliphatic rings. The Bertz CT molecular complexity index is 350. The molecule has 0 aliphatic carbocycles. The van der Waals surface area contributed by atoms with Crippen molar-refractivity contribution < 1.29 is 19.8 Å². The van der Waals surface area contributed by atoms with Gasteiger partial charge in [-0.3, -0.25) is 4.79 Å². The lowest BCUT2D eigenvalue weighted by Gasteiger charge is -2.13. The van der Waals surface area contributed by atoms with Gasteiger partial charge >= 0.3 is 5.97 Å². The predicted molar refractivity (Wildman–Crippen MR) is 52.0 cm³/mol. The zero-order chi connectivity index (χ0) is 11.3. The van der Waals surface area contributed by atoms with Gasteiger partial charge in [-0.25, -0.2) is 4.79 Å². The van der Waals surface area contributed by atoms with Crippen molar-refractivity contribution in [2.45, 2.75) is 6.04 Å². The second-order valence-corrected chi connectivity index (χ2v) is 2.91. The van der Waals surface area contributed by atoms with Crippen molar-refractivity contribution in [3.05, 3.63) is 35.9 Å². The van der Waals surface area contributed by atoms with Crippen molar-refractivity contribution in [1.82, 2.24) is 5.32 Å². The summed E-state index contributed by atoms with van der Waals surface area (Å²) in [5.41, 5.74) is 0.465. The van der Waals surface area contributed by atoms with Crippen LogP contribution in [0.1, 0.15) is 11.6 Å². The van der Waals surface area contributed by atoms with Crippen molar-refractivity contribution in [1.29, 1.82) is 0 Å². The Hall–Kier alpha value is -1.88. The SMILES string of the molecule is O=C(CO)NC(C(=O)O)c1ccccc1. The first-order chi connectivity index (χ1) is 7.15. The average molecular weight is 209 g/mol. The smallest absolute Gasteiger partial charge is 0.330 e. The molecule has 1 atom stereocenters. The van der Waals surface area contributed by atoms with Crippen LogP contribution in [0.4, 0.5) is 0 Å². The minimum atomic E-state index is -1.16. The monoisotopic (exact) mass is 209 g/mol. The van der Waals surface area contributed by atoms with Gasteiger partial charge in [-0.2, -0.15) is 0 Å². The summed E-state index contributed by atoms with van der Waals surface area (Å²) in [5, 5.41) is 19.6. The van der Waals surface area contributed by atoms with Gasteiger partial charge in [-0.15, -0.1) is 0 Å². The zero-order valence-electron chi connectivity index (χ0n) is 7.88. The highest BCUT2D eigenvalue weighted by atomic mass is 16.4. The minimum absolute atomic E-state index is 0.465. The van der Waals surface area contributed by atoms with Gasteiger partial charge in [0.2, 0.25) is 5.91 Å².